The Bertz CT molecular complexity index is 452. The number of nitrogens with one attached hydrogen (secondary N) is 1. The number of rotatable bonds is 4. The van der Waals surface area contributed by atoms with E-state index in [0.29, 0.717) is 22.8 Å². The van der Waals surface area contributed by atoms with Crippen LogP contribution in [0, 0.1) is 0 Å². The van der Waals surface area contributed by atoms with Crippen molar-refractivity contribution in [2.75, 3.05) is 18.5 Å². The lowest BCUT2D eigenvalue weighted by atomic mass is 10.1. The second-order valence-electron chi connectivity index (χ2n) is 5.05. The Hall–Kier alpha value is -0.870. The normalized spacial score (nSPS) is 17.4. The van der Waals surface area contributed by atoms with Gasteiger partial charge in [0.15, 0.2) is 0 Å². The fraction of sp³-hybridized carbons (Fsp3) is 0.500. The summed E-state index contributed by atoms with van der Waals surface area (Å²) >= 11 is 7.77. The second-order valence-corrected chi connectivity index (χ2v) is 6.76. The molecule has 1 amide bonds. The average molecular weight is 299 g/mol. The van der Waals surface area contributed by atoms with Crippen molar-refractivity contribution in [3.63, 3.8) is 0 Å². The smallest absolute Gasteiger partial charge is 0.251 e. The standard InChI is InChI=1S/C14H19ClN2OS/c1-19-14(4-2-3-5-14)9-17-13(18)10-6-11(15)8-12(16)7-10/h6-8H,2-5,9,16H2,1H3,(H,17,18). The zero-order chi connectivity index (χ0) is 13.9. The van der Waals surface area contributed by atoms with Gasteiger partial charge in [0.25, 0.3) is 5.91 Å². The maximum atomic E-state index is 12.1. The van der Waals surface area contributed by atoms with Crippen molar-refractivity contribution >= 4 is 35.0 Å². The number of nitrogens with two attached hydrogens (primary N) is 1. The summed E-state index contributed by atoms with van der Waals surface area (Å²) in [5.41, 5.74) is 6.74. The molecule has 1 aromatic carbocycles. The molecule has 1 saturated carbocycles. The Labute approximate surface area is 123 Å². The minimum Gasteiger partial charge on any atom is -0.399 e. The van der Waals surface area contributed by atoms with Gasteiger partial charge in [-0.1, -0.05) is 24.4 Å². The number of nitrogen functional groups attached to an aromatic ring is 1. The van der Waals surface area contributed by atoms with Crippen LogP contribution in [0.25, 0.3) is 0 Å². The maximum Gasteiger partial charge on any atom is 0.251 e. The van der Waals surface area contributed by atoms with E-state index in [1.165, 1.54) is 25.7 Å². The highest BCUT2D eigenvalue weighted by molar-refractivity contribution is 8.00. The molecule has 3 N–H and O–H groups in total. The van der Waals surface area contributed by atoms with Crippen molar-refractivity contribution in [3.8, 4) is 0 Å². The first-order valence-corrected chi connectivity index (χ1v) is 8.04. The summed E-state index contributed by atoms with van der Waals surface area (Å²) in [6.07, 6.45) is 6.97. The summed E-state index contributed by atoms with van der Waals surface area (Å²) in [6.45, 7) is 0.708. The third kappa shape index (κ3) is 3.57. The van der Waals surface area contributed by atoms with Gasteiger partial charge >= 0.3 is 0 Å². The highest BCUT2D eigenvalue weighted by Crippen LogP contribution is 2.39. The molecule has 0 bridgehead atoms. The third-order valence-electron chi connectivity index (χ3n) is 3.70. The van der Waals surface area contributed by atoms with Crippen LogP contribution in [-0.4, -0.2) is 23.5 Å². The molecule has 1 aromatic rings. The largest absolute Gasteiger partial charge is 0.399 e. The van der Waals surface area contributed by atoms with E-state index in [2.05, 4.69) is 11.6 Å². The van der Waals surface area contributed by atoms with Gasteiger partial charge in [-0.3, -0.25) is 4.79 Å². The number of benzene rings is 1. The molecule has 0 aliphatic heterocycles. The van der Waals surface area contributed by atoms with Crippen LogP contribution in [0.2, 0.25) is 5.02 Å². The van der Waals surface area contributed by atoms with Crippen LogP contribution in [0.5, 0.6) is 0 Å². The zero-order valence-electron chi connectivity index (χ0n) is 11.0. The summed E-state index contributed by atoms with van der Waals surface area (Å²) in [5.74, 6) is -0.102. The SMILES string of the molecule is CSC1(CNC(=O)c2cc(N)cc(Cl)c2)CCCC1. The van der Waals surface area contributed by atoms with E-state index in [1.54, 1.807) is 18.2 Å². The molecular formula is C14H19ClN2OS. The summed E-state index contributed by atoms with van der Waals surface area (Å²) in [4.78, 5) is 12.1. The lowest BCUT2D eigenvalue weighted by molar-refractivity contribution is 0.0949. The van der Waals surface area contributed by atoms with Gasteiger partial charge in [-0.15, -0.1) is 0 Å². The Kier molecular flexibility index (Phi) is 4.63. The van der Waals surface area contributed by atoms with Gasteiger partial charge in [0, 0.05) is 27.6 Å². The van der Waals surface area contributed by atoms with Crippen molar-refractivity contribution in [1.29, 1.82) is 0 Å². The van der Waals surface area contributed by atoms with E-state index in [9.17, 15) is 4.79 Å². The predicted molar refractivity (Wildman–Crippen MR) is 82.9 cm³/mol. The highest BCUT2D eigenvalue weighted by Gasteiger charge is 2.33. The summed E-state index contributed by atoms with van der Waals surface area (Å²) in [7, 11) is 0. The maximum absolute atomic E-state index is 12.1. The van der Waals surface area contributed by atoms with Gasteiger partial charge < -0.3 is 11.1 Å². The molecule has 19 heavy (non-hydrogen) atoms. The Balaban J connectivity index is 2.01. The fourth-order valence-corrected chi connectivity index (χ4v) is 3.72. The van der Waals surface area contributed by atoms with Crippen LogP contribution in [-0.2, 0) is 0 Å². The molecule has 1 aliphatic rings. The monoisotopic (exact) mass is 298 g/mol. The molecule has 0 unspecified atom stereocenters. The summed E-state index contributed by atoms with van der Waals surface area (Å²) in [5, 5.41) is 3.50. The van der Waals surface area contributed by atoms with Gasteiger partial charge in [0.1, 0.15) is 0 Å². The minimum atomic E-state index is -0.102. The average Bonchev–Trinajstić information content (AvgIpc) is 2.84. The highest BCUT2D eigenvalue weighted by atomic mass is 35.5. The van der Waals surface area contributed by atoms with E-state index in [-0.39, 0.29) is 10.7 Å². The van der Waals surface area contributed by atoms with Crippen molar-refractivity contribution in [2.24, 2.45) is 0 Å². The van der Waals surface area contributed by atoms with Gasteiger partial charge in [-0.25, -0.2) is 0 Å². The number of hydrogen-bond donors (Lipinski definition) is 2. The van der Waals surface area contributed by atoms with Crippen LogP contribution in [0.3, 0.4) is 0 Å². The van der Waals surface area contributed by atoms with Crippen molar-refractivity contribution < 1.29 is 4.79 Å². The first kappa shape index (κ1) is 14.5. The molecule has 1 aliphatic carbocycles. The lowest BCUT2D eigenvalue weighted by Gasteiger charge is -2.26. The molecule has 1 fully saturated rings. The van der Waals surface area contributed by atoms with Gasteiger partial charge in [0.2, 0.25) is 0 Å². The molecule has 0 radical (unpaired) electrons. The summed E-state index contributed by atoms with van der Waals surface area (Å²) in [6, 6.07) is 4.94. The molecular weight excluding hydrogens is 280 g/mol. The van der Waals surface area contributed by atoms with Crippen LogP contribution < -0.4 is 11.1 Å². The van der Waals surface area contributed by atoms with Gasteiger partial charge in [-0.05, 0) is 37.3 Å². The minimum absolute atomic E-state index is 0.102. The predicted octanol–water partition coefficient (Wildman–Crippen LogP) is 3.33. The number of amides is 1. The van der Waals surface area contributed by atoms with Gasteiger partial charge in [-0.2, -0.15) is 11.8 Å². The number of carbonyl (C=O) groups is 1. The molecule has 2 rings (SSSR count). The summed E-state index contributed by atoms with van der Waals surface area (Å²) < 4.78 is 0.208. The molecule has 0 saturated heterocycles. The van der Waals surface area contributed by atoms with E-state index in [0.717, 1.165) is 0 Å². The van der Waals surface area contributed by atoms with E-state index < -0.39 is 0 Å². The number of halogens is 1. The second kappa shape index (κ2) is 6.06. The van der Waals surface area contributed by atoms with Crippen molar-refractivity contribution in [2.45, 2.75) is 30.4 Å². The third-order valence-corrected chi connectivity index (χ3v) is 5.34. The molecule has 0 atom stereocenters. The molecule has 0 heterocycles. The molecule has 3 nitrogen and oxygen atoms in total. The Morgan fingerprint density at radius 2 is 2.11 bits per heavy atom. The topological polar surface area (TPSA) is 55.1 Å². The van der Waals surface area contributed by atoms with Crippen molar-refractivity contribution in [3.05, 3.63) is 28.8 Å². The fourth-order valence-electron chi connectivity index (χ4n) is 2.56. The van der Waals surface area contributed by atoms with Crippen molar-refractivity contribution in [1.82, 2.24) is 5.32 Å². The number of thioether (sulfide) groups is 1. The Morgan fingerprint density at radius 1 is 1.42 bits per heavy atom. The van der Waals surface area contributed by atoms with Crippen LogP contribution in [0.15, 0.2) is 18.2 Å². The first-order chi connectivity index (χ1) is 9.04. The zero-order valence-corrected chi connectivity index (χ0v) is 12.6. The quantitative estimate of drug-likeness (QED) is 0.838. The molecule has 0 spiro atoms. The lowest BCUT2D eigenvalue weighted by Crippen LogP contribution is -2.38. The van der Waals surface area contributed by atoms with Crippen LogP contribution >= 0.6 is 23.4 Å². The Morgan fingerprint density at radius 3 is 2.68 bits per heavy atom. The van der Waals surface area contributed by atoms with Gasteiger partial charge in [0.05, 0.1) is 0 Å². The molecule has 0 aromatic heterocycles. The number of anilines is 1. The van der Waals surface area contributed by atoms with E-state index >= 15 is 0 Å². The first-order valence-electron chi connectivity index (χ1n) is 6.44. The van der Waals surface area contributed by atoms with E-state index in [1.807, 2.05) is 11.8 Å². The molecule has 104 valence electrons. The van der Waals surface area contributed by atoms with Crippen LogP contribution in [0.1, 0.15) is 36.0 Å². The molecule has 5 heteroatoms. The number of hydrogen-bond acceptors (Lipinski definition) is 3. The number of carbonyl (C=O) groups excluding carboxylic acids is 1. The van der Waals surface area contributed by atoms with E-state index in [4.69, 9.17) is 17.3 Å². The van der Waals surface area contributed by atoms with Crippen LogP contribution in [0.4, 0.5) is 5.69 Å².